The van der Waals surface area contributed by atoms with E-state index in [0.29, 0.717) is 11.7 Å². The highest BCUT2D eigenvalue weighted by Gasteiger charge is 2.19. The summed E-state index contributed by atoms with van der Waals surface area (Å²) < 4.78 is 5.23. The molecule has 1 atom stereocenters. The minimum absolute atomic E-state index is 0.472. The monoisotopic (exact) mass is 153 g/mol. The first kappa shape index (κ1) is 6.67. The van der Waals surface area contributed by atoms with Crippen LogP contribution >= 0.6 is 0 Å². The Bertz CT molecular complexity index is 240. The van der Waals surface area contributed by atoms with Crippen molar-refractivity contribution >= 4 is 5.82 Å². The van der Waals surface area contributed by atoms with Crippen molar-refractivity contribution in [1.82, 2.24) is 10.2 Å². The van der Waals surface area contributed by atoms with Crippen LogP contribution in [0, 0.1) is 0 Å². The minimum Gasteiger partial charge on any atom is -0.382 e. The van der Waals surface area contributed by atoms with Crippen LogP contribution in [0.2, 0.25) is 0 Å². The van der Waals surface area contributed by atoms with E-state index in [1.54, 1.807) is 0 Å². The summed E-state index contributed by atoms with van der Waals surface area (Å²) in [7, 11) is 0. The number of H-pyrrole nitrogens is 1. The molecule has 1 saturated heterocycles. The van der Waals surface area contributed by atoms with E-state index in [0.717, 1.165) is 25.3 Å². The van der Waals surface area contributed by atoms with E-state index in [1.807, 2.05) is 6.07 Å². The van der Waals surface area contributed by atoms with Gasteiger partial charge in [0.25, 0.3) is 0 Å². The molecule has 60 valence electrons. The lowest BCUT2D eigenvalue weighted by atomic mass is 10.1. The van der Waals surface area contributed by atoms with Crippen molar-refractivity contribution in [3.8, 4) is 0 Å². The zero-order valence-corrected chi connectivity index (χ0v) is 6.21. The molecule has 4 heteroatoms. The van der Waals surface area contributed by atoms with Gasteiger partial charge in [0.2, 0.25) is 0 Å². The highest BCUT2D eigenvalue weighted by molar-refractivity contribution is 5.30. The Morgan fingerprint density at radius 1 is 1.73 bits per heavy atom. The molecule has 0 aliphatic carbocycles. The molecule has 0 radical (unpaired) electrons. The number of rotatable bonds is 1. The number of nitrogen functional groups attached to an aromatic ring is 1. The highest BCUT2D eigenvalue weighted by Crippen LogP contribution is 2.23. The molecule has 11 heavy (non-hydrogen) atoms. The van der Waals surface area contributed by atoms with Crippen LogP contribution < -0.4 is 5.73 Å². The van der Waals surface area contributed by atoms with Gasteiger partial charge in [-0.2, -0.15) is 5.10 Å². The van der Waals surface area contributed by atoms with E-state index in [1.165, 1.54) is 0 Å². The maximum absolute atomic E-state index is 5.46. The van der Waals surface area contributed by atoms with Gasteiger partial charge in [-0.05, 0) is 6.42 Å². The van der Waals surface area contributed by atoms with Crippen LogP contribution in [0.15, 0.2) is 6.07 Å². The molecule has 0 spiro atoms. The first-order valence-electron chi connectivity index (χ1n) is 3.75. The number of nitrogens with two attached hydrogens (primary N) is 1. The molecule has 2 rings (SSSR count). The third-order valence-electron chi connectivity index (χ3n) is 1.99. The third kappa shape index (κ3) is 1.21. The fourth-order valence-corrected chi connectivity index (χ4v) is 1.34. The minimum atomic E-state index is 0.472. The second-order valence-electron chi connectivity index (χ2n) is 2.81. The van der Waals surface area contributed by atoms with Crippen molar-refractivity contribution in [2.75, 3.05) is 18.9 Å². The molecule has 1 aromatic rings. The molecule has 1 aliphatic heterocycles. The van der Waals surface area contributed by atoms with Gasteiger partial charge in [0, 0.05) is 24.3 Å². The fourth-order valence-electron chi connectivity index (χ4n) is 1.34. The van der Waals surface area contributed by atoms with E-state index in [-0.39, 0.29) is 0 Å². The second-order valence-corrected chi connectivity index (χ2v) is 2.81. The van der Waals surface area contributed by atoms with Crippen LogP contribution in [0.25, 0.3) is 0 Å². The average molecular weight is 153 g/mol. The molecule has 4 nitrogen and oxygen atoms in total. The van der Waals surface area contributed by atoms with Crippen molar-refractivity contribution in [2.24, 2.45) is 0 Å². The van der Waals surface area contributed by atoms with Gasteiger partial charge in [-0.1, -0.05) is 0 Å². The molecule has 2 heterocycles. The molecule has 0 amide bonds. The summed E-state index contributed by atoms with van der Waals surface area (Å²) >= 11 is 0. The van der Waals surface area contributed by atoms with Crippen LogP contribution in [-0.4, -0.2) is 23.4 Å². The topological polar surface area (TPSA) is 63.9 Å². The predicted molar refractivity (Wildman–Crippen MR) is 41.2 cm³/mol. The maximum atomic E-state index is 5.46. The van der Waals surface area contributed by atoms with Gasteiger partial charge in [-0.3, -0.25) is 5.10 Å². The quantitative estimate of drug-likeness (QED) is 0.617. The van der Waals surface area contributed by atoms with Gasteiger partial charge < -0.3 is 10.5 Å². The summed E-state index contributed by atoms with van der Waals surface area (Å²) in [6.07, 6.45) is 1.07. The molecular formula is C7H11N3O. The van der Waals surface area contributed by atoms with Crippen LogP contribution in [0.1, 0.15) is 18.0 Å². The standard InChI is InChI=1S/C7H11N3O/c8-7-3-6(9-10-7)5-1-2-11-4-5/h3,5H,1-2,4H2,(H3,8,9,10)/t5-/m0/s1. The van der Waals surface area contributed by atoms with Crippen LogP contribution in [0.4, 0.5) is 5.82 Å². The molecule has 0 saturated carbocycles. The Kier molecular flexibility index (Phi) is 1.54. The summed E-state index contributed by atoms with van der Waals surface area (Å²) in [6.45, 7) is 1.64. The molecular weight excluding hydrogens is 142 g/mol. The Morgan fingerprint density at radius 2 is 2.64 bits per heavy atom. The Morgan fingerprint density at radius 3 is 3.18 bits per heavy atom. The summed E-state index contributed by atoms with van der Waals surface area (Å²) in [5.74, 6) is 1.03. The largest absolute Gasteiger partial charge is 0.382 e. The molecule has 1 aliphatic rings. The third-order valence-corrected chi connectivity index (χ3v) is 1.99. The summed E-state index contributed by atoms with van der Waals surface area (Å²) in [6, 6.07) is 1.87. The Labute approximate surface area is 64.7 Å². The number of aromatic nitrogens is 2. The number of hydrogen-bond donors (Lipinski definition) is 2. The van der Waals surface area contributed by atoms with E-state index in [2.05, 4.69) is 10.2 Å². The second kappa shape index (κ2) is 2.54. The summed E-state index contributed by atoms with van der Waals surface area (Å²) in [4.78, 5) is 0. The lowest BCUT2D eigenvalue weighted by molar-refractivity contribution is 0.193. The molecule has 0 unspecified atom stereocenters. The molecule has 3 N–H and O–H groups in total. The lowest BCUT2D eigenvalue weighted by Crippen LogP contribution is -1.97. The lowest BCUT2D eigenvalue weighted by Gasteiger charge is -2.00. The van der Waals surface area contributed by atoms with Crippen molar-refractivity contribution in [1.29, 1.82) is 0 Å². The smallest absolute Gasteiger partial charge is 0.145 e. The molecule has 1 aromatic heterocycles. The Hall–Kier alpha value is -1.03. The molecule has 0 bridgehead atoms. The number of nitrogens with one attached hydrogen (secondary N) is 1. The van der Waals surface area contributed by atoms with Gasteiger partial charge in [-0.15, -0.1) is 0 Å². The molecule has 0 aromatic carbocycles. The first-order chi connectivity index (χ1) is 5.36. The van der Waals surface area contributed by atoms with Crippen molar-refractivity contribution in [3.63, 3.8) is 0 Å². The fraction of sp³-hybridized carbons (Fsp3) is 0.571. The van der Waals surface area contributed by atoms with Crippen LogP contribution in [0.5, 0.6) is 0 Å². The Balaban J connectivity index is 2.15. The number of aromatic amines is 1. The number of ether oxygens (including phenoxy) is 1. The van der Waals surface area contributed by atoms with Gasteiger partial charge >= 0.3 is 0 Å². The van der Waals surface area contributed by atoms with Gasteiger partial charge in [0.15, 0.2) is 0 Å². The maximum Gasteiger partial charge on any atom is 0.145 e. The van der Waals surface area contributed by atoms with Crippen LogP contribution in [0.3, 0.4) is 0 Å². The van der Waals surface area contributed by atoms with E-state index in [4.69, 9.17) is 10.5 Å². The van der Waals surface area contributed by atoms with Gasteiger partial charge in [0.05, 0.1) is 6.61 Å². The van der Waals surface area contributed by atoms with Crippen molar-refractivity contribution in [3.05, 3.63) is 11.8 Å². The van der Waals surface area contributed by atoms with Crippen molar-refractivity contribution in [2.45, 2.75) is 12.3 Å². The zero-order chi connectivity index (χ0) is 7.68. The first-order valence-corrected chi connectivity index (χ1v) is 3.75. The summed E-state index contributed by atoms with van der Waals surface area (Å²) in [5, 5.41) is 6.75. The number of hydrogen-bond acceptors (Lipinski definition) is 3. The predicted octanol–water partition coefficient (Wildman–Crippen LogP) is 0.496. The molecule has 1 fully saturated rings. The van der Waals surface area contributed by atoms with Crippen LogP contribution in [-0.2, 0) is 4.74 Å². The zero-order valence-electron chi connectivity index (χ0n) is 6.21. The average Bonchev–Trinajstić information content (AvgIpc) is 2.55. The van der Waals surface area contributed by atoms with Gasteiger partial charge in [0.1, 0.15) is 5.82 Å². The van der Waals surface area contributed by atoms with E-state index in [9.17, 15) is 0 Å². The number of nitrogens with zero attached hydrogens (tertiary/aromatic N) is 1. The van der Waals surface area contributed by atoms with E-state index < -0.39 is 0 Å². The van der Waals surface area contributed by atoms with E-state index >= 15 is 0 Å². The highest BCUT2D eigenvalue weighted by atomic mass is 16.5. The summed E-state index contributed by atoms with van der Waals surface area (Å²) in [5.41, 5.74) is 6.56. The normalized spacial score (nSPS) is 24.2. The number of anilines is 1. The van der Waals surface area contributed by atoms with Gasteiger partial charge in [-0.25, -0.2) is 0 Å². The SMILES string of the molecule is Nc1cc([C@H]2CCOC2)[nH]n1. The van der Waals surface area contributed by atoms with Crippen molar-refractivity contribution < 1.29 is 4.74 Å².